The van der Waals surface area contributed by atoms with Crippen LogP contribution in [0.15, 0.2) is 100 Å². The molecule has 5 aromatic rings. The van der Waals surface area contributed by atoms with E-state index >= 15 is 0 Å². The van der Waals surface area contributed by atoms with Crippen molar-refractivity contribution in [3.05, 3.63) is 127 Å². The van der Waals surface area contributed by atoms with E-state index in [4.69, 9.17) is 19.3 Å². The van der Waals surface area contributed by atoms with Gasteiger partial charge in [0, 0.05) is 24.2 Å². The molecule has 232 valence electrons. The molecular weight excluding hydrogens is 604 g/mol. The lowest BCUT2D eigenvalue weighted by atomic mass is 9.95. The van der Waals surface area contributed by atoms with Gasteiger partial charge in [-0.15, -0.1) is 0 Å². The fourth-order valence-electron chi connectivity index (χ4n) is 5.38. The highest BCUT2D eigenvalue weighted by molar-refractivity contribution is 7.07. The number of carbonyl (C=O) groups is 2. The monoisotopic (exact) mass is 634 g/mol. The van der Waals surface area contributed by atoms with Gasteiger partial charge in [-0.05, 0) is 49.8 Å². The Morgan fingerprint density at radius 2 is 1.70 bits per heavy atom. The summed E-state index contributed by atoms with van der Waals surface area (Å²) in [6, 6.07) is 21.8. The van der Waals surface area contributed by atoms with Gasteiger partial charge in [-0.1, -0.05) is 65.4 Å². The van der Waals surface area contributed by atoms with Gasteiger partial charge in [-0.2, -0.15) is 5.10 Å². The summed E-state index contributed by atoms with van der Waals surface area (Å²) < 4.78 is 19.6. The number of esters is 2. The molecule has 1 aliphatic rings. The normalized spacial score (nSPS) is 14.5. The zero-order valence-electron chi connectivity index (χ0n) is 25.8. The highest BCUT2D eigenvalue weighted by Crippen LogP contribution is 2.36. The number of thiazole rings is 1. The van der Waals surface area contributed by atoms with Crippen molar-refractivity contribution in [3.8, 4) is 28.4 Å². The maximum absolute atomic E-state index is 14.3. The molecule has 0 spiro atoms. The van der Waals surface area contributed by atoms with Crippen LogP contribution in [0.1, 0.15) is 36.6 Å². The standard InChI is InChI=1S/C35H30N4O6S/c1-20-11-13-23(14-12-20)31-25(19-38(37-31)26-9-7-6-8-10-26)18-29-33(41)39-32(30(34(42)44-5)21(2)36-35(39)46-29)24-15-16-27(45-22(3)40)28(17-24)43-4/h6-19,32H,1-5H3. The molecule has 0 saturated carbocycles. The van der Waals surface area contributed by atoms with Crippen LogP contribution in [0.5, 0.6) is 11.5 Å². The minimum atomic E-state index is -0.880. The van der Waals surface area contributed by atoms with Crippen LogP contribution in [-0.4, -0.2) is 40.5 Å². The molecule has 1 aliphatic heterocycles. The van der Waals surface area contributed by atoms with E-state index in [1.165, 1.54) is 37.0 Å². The first-order chi connectivity index (χ1) is 22.2. The summed E-state index contributed by atoms with van der Waals surface area (Å²) >= 11 is 1.22. The zero-order chi connectivity index (χ0) is 32.5. The number of benzene rings is 3. The van der Waals surface area contributed by atoms with Crippen molar-refractivity contribution in [1.82, 2.24) is 14.3 Å². The molecule has 1 unspecified atom stereocenters. The number of nitrogens with zero attached hydrogens (tertiary/aromatic N) is 4. The smallest absolute Gasteiger partial charge is 0.338 e. The molecule has 2 aromatic heterocycles. The fourth-order valence-corrected chi connectivity index (χ4v) is 6.42. The number of ether oxygens (including phenoxy) is 3. The summed E-state index contributed by atoms with van der Waals surface area (Å²) in [7, 11) is 2.73. The van der Waals surface area contributed by atoms with Crippen molar-refractivity contribution >= 4 is 29.4 Å². The van der Waals surface area contributed by atoms with Crippen LogP contribution in [0.25, 0.3) is 23.0 Å². The second-order valence-corrected chi connectivity index (χ2v) is 11.7. The van der Waals surface area contributed by atoms with E-state index in [-0.39, 0.29) is 22.6 Å². The summed E-state index contributed by atoms with van der Waals surface area (Å²) in [6.45, 7) is 5.02. The highest BCUT2D eigenvalue weighted by atomic mass is 32.1. The van der Waals surface area contributed by atoms with Gasteiger partial charge < -0.3 is 14.2 Å². The average Bonchev–Trinajstić information content (AvgIpc) is 3.61. The molecule has 0 saturated heterocycles. The Labute approximate surface area is 268 Å². The lowest BCUT2D eigenvalue weighted by Crippen LogP contribution is -2.39. The van der Waals surface area contributed by atoms with Crippen LogP contribution in [0.4, 0.5) is 0 Å². The molecule has 0 amide bonds. The van der Waals surface area contributed by atoms with Crippen molar-refractivity contribution < 1.29 is 23.8 Å². The molecule has 1 atom stereocenters. The van der Waals surface area contributed by atoms with Gasteiger partial charge in [-0.25, -0.2) is 14.5 Å². The number of hydrogen-bond acceptors (Lipinski definition) is 9. The van der Waals surface area contributed by atoms with E-state index in [1.54, 1.807) is 29.8 Å². The predicted molar refractivity (Wildman–Crippen MR) is 174 cm³/mol. The van der Waals surface area contributed by atoms with Crippen LogP contribution in [-0.2, 0) is 14.3 Å². The quantitative estimate of drug-likeness (QED) is 0.191. The van der Waals surface area contributed by atoms with Crippen molar-refractivity contribution in [2.45, 2.75) is 26.8 Å². The van der Waals surface area contributed by atoms with Gasteiger partial charge in [0.25, 0.3) is 5.56 Å². The Morgan fingerprint density at radius 3 is 2.37 bits per heavy atom. The summed E-state index contributed by atoms with van der Waals surface area (Å²) in [5.41, 5.74) is 5.19. The Morgan fingerprint density at radius 1 is 0.957 bits per heavy atom. The predicted octanol–water partition coefficient (Wildman–Crippen LogP) is 4.50. The number of aryl methyl sites for hydroxylation is 1. The molecule has 3 heterocycles. The number of hydrogen-bond donors (Lipinski definition) is 0. The Hall–Kier alpha value is -5.55. The summed E-state index contributed by atoms with van der Waals surface area (Å²) in [5, 5.41) is 4.90. The number of aromatic nitrogens is 3. The van der Waals surface area contributed by atoms with Crippen molar-refractivity contribution in [2.75, 3.05) is 14.2 Å². The molecule has 6 rings (SSSR count). The van der Waals surface area contributed by atoms with Crippen LogP contribution in [0.3, 0.4) is 0 Å². The lowest BCUT2D eigenvalue weighted by molar-refractivity contribution is -0.136. The summed E-state index contributed by atoms with van der Waals surface area (Å²) in [6.07, 6.45) is 3.70. The Kier molecular flexibility index (Phi) is 8.25. The van der Waals surface area contributed by atoms with E-state index in [9.17, 15) is 14.4 Å². The summed E-state index contributed by atoms with van der Waals surface area (Å²) in [4.78, 5) is 44.1. The van der Waals surface area contributed by atoms with Crippen LogP contribution in [0.2, 0.25) is 0 Å². The number of fused-ring (bicyclic) bond motifs is 1. The zero-order valence-corrected chi connectivity index (χ0v) is 26.6. The first-order valence-electron chi connectivity index (χ1n) is 14.4. The highest BCUT2D eigenvalue weighted by Gasteiger charge is 2.34. The molecule has 3 aromatic carbocycles. The minimum absolute atomic E-state index is 0.209. The number of rotatable bonds is 7. The Balaban J connectivity index is 1.56. The molecule has 0 radical (unpaired) electrons. The largest absolute Gasteiger partial charge is 0.493 e. The van der Waals surface area contributed by atoms with E-state index < -0.39 is 18.0 Å². The SMILES string of the molecule is COC(=O)C1=C(C)N=c2sc(=Cc3cn(-c4ccccc4)nc3-c3ccc(C)cc3)c(=O)n2C1c1ccc(OC(C)=O)c(OC)c1. The molecule has 46 heavy (non-hydrogen) atoms. The van der Waals surface area contributed by atoms with E-state index in [0.717, 1.165) is 22.4 Å². The van der Waals surface area contributed by atoms with Gasteiger partial charge in [-0.3, -0.25) is 14.2 Å². The van der Waals surface area contributed by atoms with Gasteiger partial charge >= 0.3 is 11.9 Å². The third kappa shape index (κ3) is 5.68. The van der Waals surface area contributed by atoms with Gasteiger partial charge in [0.1, 0.15) is 0 Å². The van der Waals surface area contributed by atoms with Crippen molar-refractivity contribution in [3.63, 3.8) is 0 Å². The summed E-state index contributed by atoms with van der Waals surface area (Å²) in [5.74, 6) is -0.643. The number of carbonyl (C=O) groups excluding carboxylic acids is 2. The third-order valence-electron chi connectivity index (χ3n) is 7.56. The topological polar surface area (TPSA) is 114 Å². The lowest BCUT2D eigenvalue weighted by Gasteiger charge is -2.25. The second kappa shape index (κ2) is 12.4. The third-order valence-corrected chi connectivity index (χ3v) is 8.54. The van der Waals surface area contributed by atoms with Crippen LogP contribution in [0, 0.1) is 6.92 Å². The van der Waals surface area contributed by atoms with E-state index in [2.05, 4.69) is 4.99 Å². The average molecular weight is 635 g/mol. The van der Waals surface area contributed by atoms with E-state index in [1.807, 2.05) is 73.8 Å². The minimum Gasteiger partial charge on any atom is -0.493 e. The van der Waals surface area contributed by atoms with Crippen LogP contribution >= 0.6 is 11.3 Å². The molecular formula is C35H30N4O6S. The van der Waals surface area contributed by atoms with Crippen LogP contribution < -0.4 is 24.4 Å². The van der Waals surface area contributed by atoms with Gasteiger partial charge in [0.15, 0.2) is 16.3 Å². The Bertz CT molecular complexity index is 2190. The van der Waals surface area contributed by atoms with Crippen molar-refractivity contribution in [1.29, 1.82) is 0 Å². The number of methoxy groups -OCH3 is 2. The molecule has 0 fully saturated rings. The number of para-hydroxylation sites is 1. The molecule has 11 heteroatoms. The van der Waals surface area contributed by atoms with Crippen molar-refractivity contribution in [2.24, 2.45) is 4.99 Å². The maximum atomic E-state index is 14.3. The first kappa shape index (κ1) is 30.5. The van der Waals surface area contributed by atoms with Gasteiger partial charge in [0.2, 0.25) is 0 Å². The maximum Gasteiger partial charge on any atom is 0.338 e. The van der Waals surface area contributed by atoms with Gasteiger partial charge in [0.05, 0.1) is 47.4 Å². The molecule has 0 aliphatic carbocycles. The number of allylic oxidation sites excluding steroid dienone is 1. The second-order valence-electron chi connectivity index (χ2n) is 10.7. The van der Waals surface area contributed by atoms with E-state index in [0.29, 0.717) is 26.3 Å². The molecule has 0 N–H and O–H groups in total. The fraction of sp³-hybridized carbons (Fsp3) is 0.171. The first-order valence-corrected chi connectivity index (χ1v) is 15.2. The molecule has 10 nitrogen and oxygen atoms in total. The molecule has 0 bridgehead atoms.